The van der Waals surface area contributed by atoms with Crippen LogP contribution in [0.2, 0.25) is 0 Å². The maximum Gasteiger partial charge on any atom is 0.410 e. The molecule has 0 bridgehead atoms. The van der Waals surface area contributed by atoms with E-state index in [-0.39, 0.29) is 11.7 Å². The molecule has 27 heavy (non-hydrogen) atoms. The Morgan fingerprint density at radius 2 is 1.81 bits per heavy atom. The third-order valence-electron chi connectivity index (χ3n) is 4.09. The molecular formula is C18H23N5O4. The summed E-state index contributed by atoms with van der Waals surface area (Å²) in [5.41, 5.74) is 0.549. The maximum absolute atomic E-state index is 12.1. The van der Waals surface area contributed by atoms with Gasteiger partial charge in [0, 0.05) is 32.4 Å². The molecule has 0 unspecified atom stereocenters. The molecule has 2 aromatic heterocycles. The molecule has 0 atom stereocenters. The summed E-state index contributed by atoms with van der Waals surface area (Å²) in [5, 5.41) is 13.0. The molecule has 1 fully saturated rings. The van der Waals surface area contributed by atoms with Crippen LogP contribution in [0.5, 0.6) is 0 Å². The van der Waals surface area contributed by atoms with E-state index in [1.165, 1.54) is 17.1 Å². The number of carbonyl (C=O) groups excluding carboxylic acids is 1. The highest BCUT2D eigenvalue weighted by Gasteiger charge is 2.26. The largest absolute Gasteiger partial charge is 0.478 e. The number of rotatable bonds is 3. The second-order valence-corrected chi connectivity index (χ2v) is 7.31. The van der Waals surface area contributed by atoms with E-state index >= 15 is 0 Å². The number of nitrogens with zero attached hydrogens (tertiary/aromatic N) is 5. The Morgan fingerprint density at radius 1 is 1.11 bits per heavy atom. The van der Waals surface area contributed by atoms with Crippen molar-refractivity contribution in [3.8, 4) is 5.82 Å². The van der Waals surface area contributed by atoms with E-state index in [9.17, 15) is 9.59 Å². The molecule has 1 N–H and O–H groups in total. The zero-order valence-electron chi connectivity index (χ0n) is 15.6. The van der Waals surface area contributed by atoms with Gasteiger partial charge in [-0.25, -0.2) is 19.3 Å². The zero-order chi connectivity index (χ0) is 19.6. The minimum Gasteiger partial charge on any atom is -0.478 e. The molecule has 1 aliphatic rings. The smallest absolute Gasteiger partial charge is 0.410 e. The number of carboxylic acids is 1. The van der Waals surface area contributed by atoms with Crippen LogP contribution in [-0.4, -0.2) is 68.6 Å². The van der Waals surface area contributed by atoms with Crippen molar-refractivity contribution in [1.29, 1.82) is 0 Å². The molecule has 1 aliphatic heterocycles. The molecule has 3 heterocycles. The van der Waals surface area contributed by atoms with Gasteiger partial charge in [-0.3, -0.25) is 0 Å². The molecule has 0 spiro atoms. The highest BCUT2D eigenvalue weighted by molar-refractivity contribution is 5.86. The predicted octanol–water partition coefficient (Wildman–Crippen LogP) is 2.02. The summed E-state index contributed by atoms with van der Waals surface area (Å²) in [6.07, 6.45) is 4.14. The molecule has 144 valence electrons. The standard InChI is InChI=1S/C18H23N5O4/c1-18(2,3)27-17(26)22-8-6-21(7-9-22)14-4-5-15(19-11-14)23-12-13(10-20-23)16(24)25/h4-5,10-12H,6-9H2,1-3H3,(H,24,25). The van der Waals surface area contributed by atoms with Gasteiger partial charge in [0.15, 0.2) is 5.82 Å². The Labute approximate surface area is 157 Å². The fourth-order valence-electron chi connectivity index (χ4n) is 2.73. The molecule has 0 aromatic carbocycles. The lowest BCUT2D eigenvalue weighted by molar-refractivity contribution is 0.0240. The van der Waals surface area contributed by atoms with Crippen LogP contribution in [0.3, 0.4) is 0 Å². The van der Waals surface area contributed by atoms with Gasteiger partial charge in [-0.05, 0) is 32.9 Å². The molecule has 9 heteroatoms. The maximum atomic E-state index is 12.1. The Hall–Kier alpha value is -3.10. The summed E-state index contributed by atoms with van der Waals surface area (Å²) < 4.78 is 6.83. The topological polar surface area (TPSA) is 101 Å². The van der Waals surface area contributed by atoms with Crippen LogP contribution in [0.25, 0.3) is 5.82 Å². The molecule has 0 radical (unpaired) electrons. The van der Waals surface area contributed by atoms with Crippen LogP contribution < -0.4 is 4.90 Å². The second kappa shape index (κ2) is 7.26. The Kier molecular flexibility index (Phi) is 5.02. The average molecular weight is 373 g/mol. The van der Waals surface area contributed by atoms with Crippen molar-refractivity contribution in [3.63, 3.8) is 0 Å². The highest BCUT2D eigenvalue weighted by atomic mass is 16.6. The fraction of sp³-hybridized carbons (Fsp3) is 0.444. The van der Waals surface area contributed by atoms with Gasteiger partial charge in [-0.2, -0.15) is 5.10 Å². The van der Waals surface area contributed by atoms with Crippen molar-refractivity contribution in [2.24, 2.45) is 0 Å². The summed E-state index contributed by atoms with van der Waals surface area (Å²) in [6, 6.07) is 3.70. The lowest BCUT2D eigenvalue weighted by Crippen LogP contribution is -2.50. The number of piperazine rings is 1. The van der Waals surface area contributed by atoms with Gasteiger partial charge in [0.1, 0.15) is 5.60 Å². The first-order valence-electron chi connectivity index (χ1n) is 8.70. The van der Waals surface area contributed by atoms with Crippen LogP contribution >= 0.6 is 0 Å². The van der Waals surface area contributed by atoms with Gasteiger partial charge in [0.25, 0.3) is 0 Å². The molecular weight excluding hydrogens is 350 g/mol. The number of hydrogen-bond donors (Lipinski definition) is 1. The summed E-state index contributed by atoms with van der Waals surface area (Å²) in [6.45, 7) is 8.10. The lowest BCUT2D eigenvalue weighted by atomic mass is 10.2. The number of ether oxygens (including phenoxy) is 1. The number of anilines is 1. The Morgan fingerprint density at radius 3 is 2.33 bits per heavy atom. The third-order valence-corrected chi connectivity index (χ3v) is 4.09. The van der Waals surface area contributed by atoms with E-state index in [0.717, 1.165) is 5.69 Å². The van der Waals surface area contributed by atoms with Crippen molar-refractivity contribution in [3.05, 3.63) is 36.3 Å². The summed E-state index contributed by atoms with van der Waals surface area (Å²) >= 11 is 0. The van der Waals surface area contributed by atoms with Crippen molar-refractivity contribution in [1.82, 2.24) is 19.7 Å². The summed E-state index contributed by atoms with van der Waals surface area (Å²) in [5.74, 6) is -0.487. The Bertz CT molecular complexity index is 817. The average Bonchev–Trinajstić information content (AvgIpc) is 3.11. The second-order valence-electron chi connectivity index (χ2n) is 7.31. The molecule has 1 amide bonds. The minimum atomic E-state index is -1.03. The quantitative estimate of drug-likeness (QED) is 0.878. The molecule has 0 saturated carbocycles. The number of carboxylic acid groups (broad SMARTS) is 1. The first kappa shape index (κ1) is 18.7. The minimum absolute atomic E-state index is 0.110. The van der Waals surface area contributed by atoms with Crippen molar-refractivity contribution < 1.29 is 19.4 Å². The molecule has 9 nitrogen and oxygen atoms in total. The summed E-state index contributed by atoms with van der Waals surface area (Å²) in [7, 11) is 0. The molecule has 2 aromatic rings. The number of aromatic nitrogens is 3. The number of pyridine rings is 1. The van der Waals surface area contributed by atoms with Gasteiger partial charge < -0.3 is 19.6 Å². The van der Waals surface area contributed by atoms with Crippen LogP contribution in [0.4, 0.5) is 10.5 Å². The van der Waals surface area contributed by atoms with Crippen molar-refractivity contribution in [2.45, 2.75) is 26.4 Å². The Balaban J connectivity index is 1.60. The van der Waals surface area contributed by atoms with E-state index in [1.54, 1.807) is 17.2 Å². The normalized spacial score (nSPS) is 14.9. The summed E-state index contributed by atoms with van der Waals surface area (Å²) in [4.78, 5) is 31.3. The van der Waals surface area contributed by atoms with E-state index in [0.29, 0.717) is 32.0 Å². The molecule has 0 aliphatic carbocycles. The molecule has 1 saturated heterocycles. The van der Waals surface area contributed by atoms with Gasteiger partial charge in [0.05, 0.1) is 23.6 Å². The van der Waals surface area contributed by atoms with E-state index < -0.39 is 11.6 Å². The third kappa shape index (κ3) is 4.55. The molecule has 3 rings (SSSR count). The van der Waals surface area contributed by atoms with Crippen molar-refractivity contribution in [2.75, 3.05) is 31.1 Å². The van der Waals surface area contributed by atoms with E-state index in [1.807, 2.05) is 26.8 Å². The van der Waals surface area contributed by atoms with Crippen molar-refractivity contribution >= 4 is 17.7 Å². The number of aromatic carboxylic acids is 1. The van der Waals surface area contributed by atoms with Crippen LogP contribution in [0.1, 0.15) is 31.1 Å². The first-order chi connectivity index (χ1) is 12.7. The van der Waals surface area contributed by atoms with Gasteiger partial charge >= 0.3 is 12.1 Å². The van der Waals surface area contributed by atoms with Crippen LogP contribution in [0.15, 0.2) is 30.7 Å². The van der Waals surface area contributed by atoms with E-state index in [4.69, 9.17) is 9.84 Å². The van der Waals surface area contributed by atoms with Crippen LogP contribution in [0, 0.1) is 0 Å². The lowest BCUT2D eigenvalue weighted by Gasteiger charge is -2.36. The van der Waals surface area contributed by atoms with Gasteiger partial charge in [-0.15, -0.1) is 0 Å². The number of hydrogen-bond acceptors (Lipinski definition) is 6. The number of amides is 1. The van der Waals surface area contributed by atoms with E-state index in [2.05, 4.69) is 15.0 Å². The number of carbonyl (C=O) groups is 2. The monoisotopic (exact) mass is 373 g/mol. The first-order valence-corrected chi connectivity index (χ1v) is 8.70. The van der Waals surface area contributed by atoms with Crippen LogP contribution in [-0.2, 0) is 4.74 Å². The SMILES string of the molecule is CC(C)(C)OC(=O)N1CCN(c2ccc(-n3cc(C(=O)O)cn3)nc2)CC1. The fourth-order valence-corrected chi connectivity index (χ4v) is 2.73. The van der Waals surface area contributed by atoms with Gasteiger partial charge in [0.2, 0.25) is 0 Å². The highest BCUT2D eigenvalue weighted by Crippen LogP contribution is 2.18. The van der Waals surface area contributed by atoms with Gasteiger partial charge in [-0.1, -0.05) is 0 Å². The predicted molar refractivity (Wildman–Crippen MR) is 98.3 cm³/mol. The zero-order valence-corrected chi connectivity index (χ0v) is 15.6.